The van der Waals surface area contributed by atoms with Gasteiger partial charge in [0.15, 0.2) is 0 Å². The first-order valence-corrected chi connectivity index (χ1v) is 9.91. The van der Waals surface area contributed by atoms with Gasteiger partial charge in [0.1, 0.15) is 0 Å². The van der Waals surface area contributed by atoms with E-state index < -0.39 is 0 Å². The molecule has 2 fully saturated rings. The van der Waals surface area contributed by atoms with Crippen LogP contribution in [-0.4, -0.2) is 43.9 Å². The Labute approximate surface area is 164 Å². The Morgan fingerprint density at radius 2 is 2.00 bits per heavy atom. The molecule has 6 heteroatoms. The van der Waals surface area contributed by atoms with Gasteiger partial charge in [-0.25, -0.2) is 0 Å². The third-order valence-electron chi connectivity index (χ3n) is 6.40. The first-order chi connectivity index (χ1) is 13.8. The summed E-state index contributed by atoms with van der Waals surface area (Å²) >= 11 is 0. The lowest BCUT2D eigenvalue weighted by atomic mass is 9.70. The fraction of sp³-hybridized carbons (Fsp3) is 0.409. The molecule has 0 spiro atoms. The Bertz CT molecular complexity index is 930. The Kier molecular flexibility index (Phi) is 4.45. The van der Waals surface area contributed by atoms with E-state index in [-0.39, 0.29) is 12.0 Å². The molecule has 3 aromatic rings. The van der Waals surface area contributed by atoms with Gasteiger partial charge in [-0.3, -0.25) is 9.88 Å². The zero-order valence-corrected chi connectivity index (χ0v) is 15.7. The van der Waals surface area contributed by atoms with Crippen molar-refractivity contribution in [2.24, 2.45) is 5.41 Å². The van der Waals surface area contributed by atoms with Gasteiger partial charge in [-0.05, 0) is 43.4 Å². The minimum atomic E-state index is -0.0868. The summed E-state index contributed by atoms with van der Waals surface area (Å²) in [5.41, 5.74) is 2.04. The fourth-order valence-electron chi connectivity index (χ4n) is 5.16. The van der Waals surface area contributed by atoms with Gasteiger partial charge < -0.3 is 9.52 Å². The maximum absolute atomic E-state index is 10.4. The van der Waals surface area contributed by atoms with Crippen LogP contribution in [0.25, 0.3) is 11.5 Å². The van der Waals surface area contributed by atoms with Gasteiger partial charge in [-0.2, -0.15) is 0 Å². The molecular weight excluding hydrogens is 352 g/mol. The number of hydrogen-bond acceptors (Lipinski definition) is 6. The van der Waals surface area contributed by atoms with Crippen LogP contribution in [0.2, 0.25) is 0 Å². The minimum absolute atomic E-state index is 0.0868. The summed E-state index contributed by atoms with van der Waals surface area (Å²) in [6.07, 6.45) is 7.67. The lowest BCUT2D eigenvalue weighted by molar-refractivity contribution is 0.0730. The van der Waals surface area contributed by atoms with Gasteiger partial charge >= 0.3 is 0 Å². The largest absolute Gasteiger partial charge is 0.419 e. The average Bonchev–Trinajstić information content (AvgIpc) is 3.44. The SMILES string of the molecule is OC[C@@]1(Cc2ccccc2)C[C@H]2CC[C@@H]1N2Cc1nnc(-c2cccnc2)o1. The minimum Gasteiger partial charge on any atom is -0.419 e. The molecule has 2 bridgehead atoms. The highest BCUT2D eigenvalue weighted by molar-refractivity contribution is 5.49. The van der Waals surface area contributed by atoms with E-state index in [4.69, 9.17) is 4.42 Å². The number of aromatic nitrogens is 3. The Morgan fingerprint density at radius 3 is 2.79 bits per heavy atom. The third kappa shape index (κ3) is 3.02. The number of nitrogens with zero attached hydrogens (tertiary/aromatic N) is 4. The third-order valence-corrected chi connectivity index (χ3v) is 6.40. The van der Waals surface area contributed by atoms with Crippen LogP contribution in [0.3, 0.4) is 0 Å². The van der Waals surface area contributed by atoms with Gasteiger partial charge in [0, 0.05) is 29.9 Å². The fourth-order valence-corrected chi connectivity index (χ4v) is 5.16. The van der Waals surface area contributed by atoms with Crippen molar-refractivity contribution < 1.29 is 9.52 Å². The van der Waals surface area contributed by atoms with Crippen molar-refractivity contribution in [3.8, 4) is 11.5 Å². The number of benzene rings is 1. The van der Waals surface area contributed by atoms with Crippen LogP contribution < -0.4 is 0 Å². The molecule has 144 valence electrons. The second-order valence-corrected chi connectivity index (χ2v) is 8.05. The van der Waals surface area contributed by atoms with E-state index in [9.17, 15) is 5.11 Å². The van der Waals surface area contributed by atoms with Crippen LogP contribution in [0, 0.1) is 5.41 Å². The molecule has 2 aromatic heterocycles. The van der Waals surface area contributed by atoms with Crippen LogP contribution in [0.15, 0.2) is 59.3 Å². The number of aliphatic hydroxyl groups excluding tert-OH is 1. The van der Waals surface area contributed by atoms with Gasteiger partial charge in [-0.15, -0.1) is 10.2 Å². The number of pyridine rings is 1. The first-order valence-electron chi connectivity index (χ1n) is 9.91. The molecule has 3 atom stereocenters. The van der Waals surface area contributed by atoms with Crippen molar-refractivity contribution >= 4 is 0 Å². The van der Waals surface area contributed by atoms with Crippen LogP contribution in [-0.2, 0) is 13.0 Å². The molecule has 28 heavy (non-hydrogen) atoms. The summed E-state index contributed by atoms with van der Waals surface area (Å²) in [5.74, 6) is 1.14. The molecule has 2 saturated heterocycles. The lowest BCUT2D eigenvalue weighted by Crippen LogP contribution is -2.41. The number of rotatable bonds is 6. The molecule has 4 heterocycles. The predicted octanol–water partition coefficient (Wildman–Crippen LogP) is 3.09. The predicted molar refractivity (Wildman–Crippen MR) is 104 cm³/mol. The normalized spacial score (nSPS) is 26.8. The summed E-state index contributed by atoms with van der Waals surface area (Å²) < 4.78 is 5.91. The summed E-state index contributed by atoms with van der Waals surface area (Å²) in [7, 11) is 0. The topological polar surface area (TPSA) is 75.3 Å². The van der Waals surface area contributed by atoms with Crippen LogP contribution >= 0.6 is 0 Å². The van der Waals surface area contributed by atoms with E-state index in [0.29, 0.717) is 30.4 Å². The summed E-state index contributed by atoms with van der Waals surface area (Å²) in [5, 5.41) is 18.8. The molecule has 0 radical (unpaired) electrons. The Balaban J connectivity index is 1.35. The number of fused-ring (bicyclic) bond motifs is 2. The lowest BCUT2D eigenvalue weighted by Gasteiger charge is -2.36. The maximum Gasteiger partial charge on any atom is 0.249 e. The van der Waals surface area contributed by atoms with Crippen molar-refractivity contribution in [1.29, 1.82) is 0 Å². The monoisotopic (exact) mass is 376 g/mol. The van der Waals surface area contributed by atoms with Crippen molar-refractivity contribution in [3.05, 3.63) is 66.3 Å². The van der Waals surface area contributed by atoms with Crippen molar-refractivity contribution in [2.45, 2.75) is 44.3 Å². The van der Waals surface area contributed by atoms with Gasteiger partial charge in [0.2, 0.25) is 11.8 Å². The van der Waals surface area contributed by atoms with E-state index in [1.807, 2.05) is 18.2 Å². The first kappa shape index (κ1) is 17.5. The van der Waals surface area contributed by atoms with Gasteiger partial charge in [0.05, 0.1) is 18.7 Å². The smallest absolute Gasteiger partial charge is 0.249 e. The molecule has 2 aliphatic rings. The van der Waals surface area contributed by atoms with E-state index in [1.165, 1.54) is 12.0 Å². The molecule has 1 N–H and O–H groups in total. The van der Waals surface area contributed by atoms with Crippen molar-refractivity contribution in [2.75, 3.05) is 6.61 Å². The number of aliphatic hydroxyl groups is 1. The maximum atomic E-state index is 10.4. The summed E-state index contributed by atoms with van der Waals surface area (Å²) in [6.45, 7) is 0.851. The molecule has 0 unspecified atom stereocenters. The Hall–Kier alpha value is -2.57. The van der Waals surface area contributed by atoms with E-state index in [1.54, 1.807) is 12.4 Å². The van der Waals surface area contributed by atoms with Crippen molar-refractivity contribution in [3.63, 3.8) is 0 Å². The second kappa shape index (κ2) is 7.11. The number of hydrogen-bond donors (Lipinski definition) is 1. The molecular formula is C22H24N4O2. The molecule has 0 saturated carbocycles. The Morgan fingerprint density at radius 1 is 1.11 bits per heavy atom. The van der Waals surface area contributed by atoms with Crippen LogP contribution in [0.5, 0.6) is 0 Å². The molecule has 1 aromatic carbocycles. The van der Waals surface area contributed by atoms with Crippen LogP contribution in [0.1, 0.15) is 30.7 Å². The zero-order valence-electron chi connectivity index (χ0n) is 15.7. The second-order valence-electron chi connectivity index (χ2n) is 8.05. The molecule has 6 nitrogen and oxygen atoms in total. The quantitative estimate of drug-likeness (QED) is 0.713. The highest BCUT2D eigenvalue weighted by atomic mass is 16.4. The summed E-state index contributed by atoms with van der Waals surface area (Å²) in [4.78, 5) is 6.58. The van der Waals surface area contributed by atoms with Gasteiger partial charge in [-0.1, -0.05) is 30.3 Å². The highest BCUT2D eigenvalue weighted by Crippen LogP contribution is 2.51. The zero-order chi connectivity index (χ0) is 19.0. The highest BCUT2D eigenvalue weighted by Gasteiger charge is 2.55. The van der Waals surface area contributed by atoms with E-state index in [2.05, 4.69) is 44.3 Å². The van der Waals surface area contributed by atoms with E-state index in [0.717, 1.165) is 24.8 Å². The van der Waals surface area contributed by atoms with Crippen molar-refractivity contribution in [1.82, 2.24) is 20.1 Å². The van der Waals surface area contributed by atoms with Gasteiger partial charge in [0.25, 0.3) is 0 Å². The summed E-state index contributed by atoms with van der Waals surface area (Å²) in [6, 6.07) is 15.1. The average molecular weight is 376 g/mol. The molecule has 2 aliphatic heterocycles. The molecule has 5 rings (SSSR count). The van der Waals surface area contributed by atoms with E-state index >= 15 is 0 Å². The standard InChI is InChI=1S/C22H24N4O2/c27-15-22(11-16-5-2-1-3-6-16)12-18-8-9-19(22)26(18)14-20-24-25-21(28-20)17-7-4-10-23-13-17/h1-7,10,13,18-19,27H,8-9,11-12,14-15H2/t18-,19+,22-/m1/s1. The molecule has 0 aliphatic carbocycles. The molecule has 0 amide bonds. The van der Waals surface area contributed by atoms with Crippen LogP contribution in [0.4, 0.5) is 0 Å².